The third kappa shape index (κ3) is 4.30. The van der Waals surface area contributed by atoms with Crippen molar-refractivity contribution in [2.45, 2.75) is 69.9 Å². The Balaban J connectivity index is 1.34. The number of nitrogens with two attached hydrogens (primary N) is 1. The van der Waals surface area contributed by atoms with Crippen molar-refractivity contribution in [1.82, 2.24) is 14.8 Å². The number of amides is 1. The first-order chi connectivity index (χ1) is 13.0. The maximum Gasteiger partial charge on any atom is 0.255 e. The van der Waals surface area contributed by atoms with Gasteiger partial charge in [-0.05, 0) is 25.2 Å². The molecule has 3 aliphatic rings. The molecule has 1 aliphatic carbocycles. The van der Waals surface area contributed by atoms with Crippen LogP contribution in [-0.2, 0) is 17.8 Å². The van der Waals surface area contributed by atoms with Gasteiger partial charge in [-0.15, -0.1) is 11.3 Å². The van der Waals surface area contributed by atoms with Gasteiger partial charge in [0.15, 0.2) is 10.7 Å². The largest absolute Gasteiger partial charge is 0.379 e. The Morgan fingerprint density at radius 1 is 1.22 bits per heavy atom. The van der Waals surface area contributed by atoms with Crippen LogP contribution in [0.1, 0.15) is 61.9 Å². The zero-order chi connectivity index (χ0) is 18.9. The number of thiazole rings is 1. The van der Waals surface area contributed by atoms with Crippen LogP contribution in [0.4, 0.5) is 5.13 Å². The molecule has 3 N–H and O–H groups in total. The number of piperidine rings is 1. The number of hydrogen-bond donors (Lipinski definition) is 2. The highest BCUT2D eigenvalue weighted by molar-refractivity contribution is 7.15. The Morgan fingerprint density at radius 3 is 2.85 bits per heavy atom. The van der Waals surface area contributed by atoms with Gasteiger partial charge in [-0.3, -0.25) is 9.69 Å². The summed E-state index contributed by atoms with van der Waals surface area (Å²) < 4.78 is 0. The quantitative estimate of drug-likeness (QED) is 0.804. The molecule has 0 bridgehead atoms. The molecule has 0 aromatic carbocycles. The van der Waals surface area contributed by atoms with Gasteiger partial charge in [0.1, 0.15) is 0 Å². The molecule has 0 spiro atoms. The number of carbonyl (C=O) groups excluding carboxylic acids is 1. The van der Waals surface area contributed by atoms with Gasteiger partial charge >= 0.3 is 0 Å². The number of nitrogens with zero attached hydrogens (tertiary/aromatic N) is 3. The normalized spacial score (nSPS) is 27.7. The maximum absolute atomic E-state index is 13.1. The molecule has 1 atom stereocenters. The van der Waals surface area contributed by atoms with E-state index in [1.807, 2.05) is 4.90 Å². The number of β-amino-alcohol motifs (C(OH)–C–C–N with tert-alkyl or cyclic N) is 1. The Morgan fingerprint density at radius 2 is 2.04 bits per heavy atom. The van der Waals surface area contributed by atoms with Crippen molar-refractivity contribution >= 4 is 22.4 Å². The zero-order valence-corrected chi connectivity index (χ0v) is 17.0. The SMILES string of the molecule is Nc1nc2c(s1)CN(C[C@]1(O)CCCN(CCC3CCCCC3)C1=O)CC2. The molecule has 2 aliphatic heterocycles. The summed E-state index contributed by atoms with van der Waals surface area (Å²) in [5.41, 5.74) is 5.68. The van der Waals surface area contributed by atoms with Gasteiger partial charge < -0.3 is 15.7 Å². The van der Waals surface area contributed by atoms with Crippen LogP contribution < -0.4 is 5.73 Å². The van der Waals surface area contributed by atoms with Gasteiger partial charge in [0.2, 0.25) is 0 Å². The number of carbonyl (C=O) groups is 1. The topological polar surface area (TPSA) is 82.7 Å². The maximum atomic E-state index is 13.1. The lowest BCUT2D eigenvalue weighted by Gasteiger charge is -2.42. The molecular weight excluding hydrogens is 360 g/mol. The average Bonchev–Trinajstić information content (AvgIpc) is 3.03. The highest BCUT2D eigenvalue weighted by Crippen LogP contribution is 2.31. The van der Waals surface area contributed by atoms with Crippen LogP contribution in [0.2, 0.25) is 0 Å². The standard InChI is InChI=1S/C20H32N4O2S/c21-19-22-16-8-11-23(13-17(16)27-19)14-20(26)9-4-10-24(18(20)25)12-7-15-5-2-1-3-6-15/h15,26H,1-14H2,(H2,21,22)/t20-/m1/s1. The highest BCUT2D eigenvalue weighted by Gasteiger charge is 2.43. The van der Waals surface area contributed by atoms with Crippen LogP contribution >= 0.6 is 11.3 Å². The summed E-state index contributed by atoms with van der Waals surface area (Å²) in [7, 11) is 0. The van der Waals surface area contributed by atoms with E-state index in [1.54, 1.807) is 0 Å². The van der Waals surface area contributed by atoms with Crippen molar-refractivity contribution in [2.75, 3.05) is 31.9 Å². The van der Waals surface area contributed by atoms with E-state index in [-0.39, 0.29) is 5.91 Å². The van der Waals surface area contributed by atoms with Gasteiger partial charge in [0, 0.05) is 44.0 Å². The summed E-state index contributed by atoms with van der Waals surface area (Å²) >= 11 is 1.53. The van der Waals surface area contributed by atoms with Crippen molar-refractivity contribution in [3.8, 4) is 0 Å². The van der Waals surface area contributed by atoms with E-state index < -0.39 is 5.60 Å². The molecule has 150 valence electrons. The second-order valence-electron chi connectivity index (χ2n) is 8.60. The number of aliphatic hydroxyl groups is 1. The molecule has 4 rings (SSSR count). The summed E-state index contributed by atoms with van der Waals surface area (Å²) in [6.45, 7) is 3.59. The molecule has 3 heterocycles. The van der Waals surface area contributed by atoms with Crippen molar-refractivity contribution in [3.05, 3.63) is 10.6 Å². The number of fused-ring (bicyclic) bond motifs is 1. The number of anilines is 1. The number of hydrogen-bond acceptors (Lipinski definition) is 6. The van der Waals surface area contributed by atoms with E-state index in [0.29, 0.717) is 18.1 Å². The van der Waals surface area contributed by atoms with Crippen molar-refractivity contribution < 1.29 is 9.90 Å². The van der Waals surface area contributed by atoms with Gasteiger partial charge in [-0.1, -0.05) is 32.1 Å². The van der Waals surface area contributed by atoms with Crippen LogP contribution in [0.15, 0.2) is 0 Å². The second kappa shape index (κ2) is 8.05. The molecular formula is C20H32N4O2S. The third-order valence-corrected chi connectivity index (χ3v) is 7.46. The van der Waals surface area contributed by atoms with Gasteiger partial charge in [-0.25, -0.2) is 4.98 Å². The molecule has 27 heavy (non-hydrogen) atoms. The van der Waals surface area contributed by atoms with E-state index >= 15 is 0 Å². The Kier molecular flexibility index (Phi) is 5.71. The minimum absolute atomic E-state index is 0.0563. The number of nitrogen functional groups attached to an aromatic ring is 1. The number of likely N-dealkylation sites (tertiary alicyclic amines) is 1. The smallest absolute Gasteiger partial charge is 0.255 e. The molecule has 1 amide bonds. The Labute approximate surface area is 165 Å². The van der Waals surface area contributed by atoms with Crippen LogP contribution in [-0.4, -0.2) is 57.6 Å². The van der Waals surface area contributed by atoms with Crippen molar-refractivity contribution in [2.24, 2.45) is 5.92 Å². The van der Waals surface area contributed by atoms with Crippen molar-refractivity contribution in [3.63, 3.8) is 0 Å². The van der Waals surface area contributed by atoms with Crippen LogP contribution in [0.5, 0.6) is 0 Å². The van der Waals surface area contributed by atoms with E-state index in [1.165, 1.54) is 48.3 Å². The van der Waals surface area contributed by atoms with Crippen LogP contribution in [0.3, 0.4) is 0 Å². The highest BCUT2D eigenvalue weighted by atomic mass is 32.1. The molecule has 1 saturated heterocycles. The zero-order valence-electron chi connectivity index (χ0n) is 16.2. The molecule has 1 aromatic heterocycles. The Bertz CT molecular complexity index is 673. The lowest BCUT2D eigenvalue weighted by Crippen LogP contribution is -2.59. The first-order valence-corrected chi connectivity index (χ1v) is 11.3. The molecule has 0 unspecified atom stereocenters. The number of rotatable bonds is 5. The fourth-order valence-electron chi connectivity index (χ4n) is 5.01. The van der Waals surface area contributed by atoms with E-state index in [9.17, 15) is 9.90 Å². The lowest BCUT2D eigenvalue weighted by atomic mass is 9.86. The molecule has 1 aromatic rings. The minimum Gasteiger partial charge on any atom is -0.379 e. The predicted molar refractivity (Wildman–Crippen MR) is 107 cm³/mol. The van der Waals surface area contributed by atoms with Gasteiger partial charge in [0.25, 0.3) is 5.91 Å². The summed E-state index contributed by atoms with van der Waals surface area (Å²) in [6, 6.07) is 0. The molecule has 0 radical (unpaired) electrons. The first-order valence-electron chi connectivity index (χ1n) is 10.5. The monoisotopic (exact) mass is 392 g/mol. The van der Waals surface area contributed by atoms with Gasteiger partial charge in [0.05, 0.1) is 5.69 Å². The Hall–Kier alpha value is -1.18. The van der Waals surface area contributed by atoms with Crippen LogP contribution in [0, 0.1) is 5.92 Å². The summed E-state index contributed by atoms with van der Waals surface area (Å²) in [5.74, 6) is 0.707. The molecule has 1 saturated carbocycles. The third-order valence-electron chi connectivity index (χ3n) is 6.55. The molecule has 2 fully saturated rings. The van der Waals surface area contributed by atoms with E-state index in [4.69, 9.17) is 5.73 Å². The first kappa shape index (κ1) is 19.2. The summed E-state index contributed by atoms with van der Waals surface area (Å²) in [6.07, 6.45) is 10.0. The van der Waals surface area contributed by atoms with Crippen molar-refractivity contribution in [1.29, 1.82) is 0 Å². The fourth-order valence-corrected chi connectivity index (χ4v) is 5.93. The molecule has 7 heteroatoms. The lowest BCUT2D eigenvalue weighted by molar-refractivity contribution is -0.160. The van der Waals surface area contributed by atoms with Crippen LogP contribution in [0.25, 0.3) is 0 Å². The number of aromatic nitrogens is 1. The average molecular weight is 393 g/mol. The fraction of sp³-hybridized carbons (Fsp3) is 0.800. The summed E-state index contributed by atoms with van der Waals surface area (Å²) in [4.78, 5) is 22.7. The minimum atomic E-state index is -1.24. The summed E-state index contributed by atoms with van der Waals surface area (Å²) in [5, 5.41) is 11.8. The predicted octanol–water partition coefficient (Wildman–Crippen LogP) is 2.41. The van der Waals surface area contributed by atoms with E-state index in [0.717, 1.165) is 57.1 Å². The van der Waals surface area contributed by atoms with E-state index in [2.05, 4.69) is 9.88 Å². The second-order valence-corrected chi connectivity index (χ2v) is 9.72. The molecule has 6 nitrogen and oxygen atoms in total. The van der Waals surface area contributed by atoms with Gasteiger partial charge in [-0.2, -0.15) is 0 Å².